The van der Waals surface area contributed by atoms with Crippen molar-refractivity contribution in [1.82, 2.24) is 4.98 Å². The van der Waals surface area contributed by atoms with Crippen LogP contribution in [0.1, 0.15) is 26.3 Å². The number of aromatic nitrogens is 1. The SMILES string of the molecule is Cc1ccc(-c2cc(C(=O)OCC(=O)c3ccc([N+](=O)[O-])cc3)c3cc(Br)ccc3n2)cc1. The first-order chi connectivity index (χ1) is 15.8. The first kappa shape index (κ1) is 22.3. The van der Waals surface area contributed by atoms with Crippen molar-refractivity contribution in [3.05, 3.63) is 104 Å². The van der Waals surface area contributed by atoms with Gasteiger partial charge in [-0.3, -0.25) is 14.9 Å². The summed E-state index contributed by atoms with van der Waals surface area (Å²) in [5.41, 5.74) is 3.56. The Morgan fingerprint density at radius 3 is 2.36 bits per heavy atom. The molecular weight excluding hydrogens is 488 g/mol. The minimum Gasteiger partial charge on any atom is -0.454 e. The fraction of sp³-hybridized carbons (Fsp3) is 0.0800. The minimum atomic E-state index is -0.663. The fourth-order valence-corrected chi connectivity index (χ4v) is 3.66. The molecule has 0 bridgehead atoms. The van der Waals surface area contributed by atoms with E-state index in [0.717, 1.165) is 15.6 Å². The van der Waals surface area contributed by atoms with E-state index in [9.17, 15) is 19.7 Å². The van der Waals surface area contributed by atoms with E-state index in [1.807, 2.05) is 37.3 Å². The van der Waals surface area contributed by atoms with Crippen LogP contribution in [0.2, 0.25) is 0 Å². The minimum absolute atomic E-state index is 0.124. The second kappa shape index (κ2) is 9.30. The predicted octanol–water partition coefficient (Wildman–Crippen LogP) is 5.92. The monoisotopic (exact) mass is 504 g/mol. The summed E-state index contributed by atoms with van der Waals surface area (Å²) in [7, 11) is 0. The molecule has 0 aliphatic rings. The van der Waals surface area contributed by atoms with Gasteiger partial charge in [-0.1, -0.05) is 45.8 Å². The van der Waals surface area contributed by atoms with E-state index in [1.54, 1.807) is 18.2 Å². The number of fused-ring (bicyclic) bond motifs is 1. The Hall–Kier alpha value is -3.91. The number of hydrogen-bond donors (Lipinski definition) is 0. The highest BCUT2D eigenvalue weighted by atomic mass is 79.9. The lowest BCUT2D eigenvalue weighted by molar-refractivity contribution is -0.384. The Morgan fingerprint density at radius 2 is 1.70 bits per heavy atom. The molecular formula is C25H17BrN2O5. The van der Waals surface area contributed by atoms with Crippen LogP contribution in [0.15, 0.2) is 77.3 Å². The zero-order chi connectivity index (χ0) is 23.5. The van der Waals surface area contributed by atoms with Crippen LogP contribution < -0.4 is 0 Å². The average Bonchev–Trinajstić information content (AvgIpc) is 2.82. The van der Waals surface area contributed by atoms with Crippen molar-refractivity contribution in [1.29, 1.82) is 0 Å². The lowest BCUT2D eigenvalue weighted by atomic mass is 10.0. The van der Waals surface area contributed by atoms with Crippen LogP contribution in [0.4, 0.5) is 5.69 Å². The van der Waals surface area contributed by atoms with Crippen LogP contribution in [-0.2, 0) is 4.74 Å². The molecule has 0 saturated carbocycles. The normalized spacial score (nSPS) is 10.7. The van der Waals surface area contributed by atoms with Crippen LogP contribution in [0, 0.1) is 17.0 Å². The highest BCUT2D eigenvalue weighted by Crippen LogP contribution is 2.28. The molecule has 0 spiro atoms. The molecule has 0 N–H and O–H groups in total. The Balaban J connectivity index is 1.62. The first-order valence-corrected chi connectivity index (χ1v) is 10.7. The Labute approximate surface area is 197 Å². The molecule has 33 heavy (non-hydrogen) atoms. The molecule has 0 saturated heterocycles. The smallest absolute Gasteiger partial charge is 0.339 e. The average molecular weight is 505 g/mol. The summed E-state index contributed by atoms with van der Waals surface area (Å²) in [5, 5.41) is 11.4. The molecule has 0 amide bonds. The summed E-state index contributed by atoms with van der Waals surface area (Å²) in [6.07, 6.45) is 0. The molecule has 0 atom stereocenters. The maximum Gasteiger partial charge on any atom is 0.339 e. The zero-order valence-electron chi connectivity index (χ0n) is 17.4. The number of nitro benzene ring substituents is 1. The largest absolute Gasteiger partial charge is 0.454 e. The molecule has 4 aromatic rings. The van der Waals surface area contributed by atoms with Gasteiger partial charge < -0.3 is 4.74 Å². The van der Waals surface area contributed by atoms with Gasteiger partial charge in [-0.05, 0) is 43.3 Å². The van der Waals surface area contributed by atoms with E-state index >= 15 is 0 Å². The lowest BCUT2D eigenvalue weighted by Crippen LogP contribution is -2.15. The summed E-state index contributed by atoms with van der Waals surface area (Å²) in [5.74, 6) is -1.12. The number of Topliss-reactive ketones (excluding diaryl/α,β-unsaturated/α-hetero) is 1. The van der Waals surface area contributed by atoms with Crippen LogP contribution >= 0.6 is 15.9 Å². The van der Waals surface area contributed by atoms with Gasteiger partial charge in [0, 0.05) is 33.1 Å². The summed E-state index contributed by atoms with van der Waals surface area (Å²) >= 11 is 3.41. The number of nitro groups is 1. The number of carbonyl (C=O) groups is 2. The standard InChI is InChI=1S/C25H17BrN2O5/c1-15-2-4-16(5-3-15)23-13-21(20-12-18(26)8-11-22(20)27-23)25(30)33-14-24(29)17-6-9-19(10-7-17)28(31)32/h2-13H,14H2,1H3. The number of aryl methyl sites for hydroxylation is 1. The highest BCUT2D eigenvalue weighted by molar-refractivity contribution is 9.10. The van der Waals surface area contributed by atoms with Crippen LogP contribution in [0.3, 0.4) is 0 Å². The second-order valence-electron chi connectivity index (χ2n) is 7.39. The van der Waals surface area contributed by atoms with E-state index in [4.69, 9.17) is 4.74 Å². The molecule has 0 fully saturated rings. The molecule has 3 aromatic carbocycles. The Kier molecular flexibility index (Phi) is 6.28. The van der Waals surface area contributed by atoms with Gasteiger partial charge in [-0.2, -0.15) is 0 Å². The third-order valence-corrected chi connectivity index (χ3v) is 5.57. The molecule has 8 heteroatoms. The van der Waals surface area contributed by atoms with Crippen molar-refractivity contribution < 1.29 is 19.2 Å². The first-order valence-electron chi connectivity index (χ1n) is 9.94. The molecule has 0 unspecified atom stereocenters. The molecule has 0 radical (unpaired) electrons. The van der Waals surface area contributed by atoms with E-state index in [1.165, 1.54) is 24.3 Å². The van der Waals surface area contributed by atoms with Crippen molar-refractivity contribution in [2.24, 2.45) is 0 Å². The summed E-state index contributed by atoms with van der Waals surface area (Å²) in [6.45, 7) is 1.49. The quantitative estimate of drug-likeness (QED) is 0.140. The van der Waals surface area contributed by atoms with E-state index in [2.05, 4.69) is 20.9 Å². The number of non-ortho nitro benzene ring substituents is 1. The Morgan fingerprint density at radius 1 is 1.00 bits per heavy atom. The number of esters is 1. The third kappa shape index (κ3) is 4.96. The molecule has 0 aliphatic carbocycles. The molecule has 1 aromatic heterocycles. The lowest BCUT2D eigenvalue weighted by Gasteiger charge is -2.11. The number of ketones is 1. The van der Waals surface area contributed by atoms with Gasteiger partial charge in [0.05, 0.1) is 21.7 Å². The number of ether oxygens (including phenoxy) is 1. The van der Waals surface area contributed by atoms with E-state index in [0.29, 0.717) is 16.6 Å². The molecule has 1 heterocycles. The van der Waals surface area contributed by atoms with E-state index in [-0.39, 0.29) is 16.8 Å². The van der Waals surface area contributed by atoms with Gasteiger partial charge in [0.1, 0.15) is 0 Å². The number of pyridine rings is 1. The third-order valence-electron chi connectivity index (χ3n) is 5.07. The number of nitrogens with zero attached hydrogens (tertiary/aromatic N) is 2. The van der Waals surface area contributed by atoms with Crippen molar-refractivity contribution in [2.45, 2.75) is 6.92 Å². The van der Waals surface area contributed by atoms with Gasteiger partial charge in [0.25, 0.3) is 5.69 Å². The fourth-order valence-electron chi connectivity index (χ4n) is 3.30. The van der Waals surface area contributed by atoms with Crippen LogP contribution in [-0.4, -0.2) is 28.3 Å². The number of benzene rings is 3. The molecule has 7 nitrogen and oxygen atoms in total. The second-order valence-corrected chi connectivity index (χ2v) is 8.30. The molecule has 4 rings (SSSR count). The summed E-state index contributed by atoms with van der Waals surface area (Å²) in [4.78, 5) is 40.3. The predicted molar refractivity (Wildman–Crippen MR) is 127 cm³/mol. The van der Waals surface area contributed by atoms with Crippen molar-refractivity contribution in [3.8, 4) is 11.3 Å². The number of rotatable bonds is 6. The maximum absolute atomic E-state index is 13.0. The van der Waals surface area contributed by atoms with Crippen molar-refractivity contribution in [2.75, 3.05) is 6.61 Å². The van der Waals surface area contributed by atoms with Gasteiger partial charge >= 0.3 is 5.97 Å². The number of carbonyl (C=O) groups excluding carboxylic acids is 2. The molecule has 164 valence electrons. The summed E-state index contributed by atoms with van der Waals surface area (Å²) in [6, 6.07) is 20.0. The zero-order valence-corrected chi connectivity index (χ0v) is 19.0. The maximum atomic E-state index is 13.0. The Bertz CT molecular complexity index is 1380. The van der Waals surface area contributed by atoms with Crippen molar-refractivity contribution >= 4 is 44.3 Å². The van der Waals surface area contributed by atoms with Gasteiger partial charge in [-0.25, -0.2) is 9.78 Å². The topological polar surface area (TPSA) is 99.4 Å². The summed E-state index contributed by atoms with van der Waals surface area (Å²) < 4.78 is 6.09. The van der Waals surface area contributed by atoms with Crippen LogP contribution in [0.5, 0.6) is 0 Å². The number of hydrogen-bond acceptors (Lipinski definition) is 6. The van der Waals surface area contributed by atoms with E-state index < -0.39 is 23.3 Å². The van der Waals surface area contributed by atoms with Crippen molar-refractivity contribution in [3.63, 3.8) is 0 Å². The number of halogens is 1. The highest BCUT2D eigenvalue weighted by Gasteiger charge is 2.18. The van der Waals surface area contributed by atoms with Crippen LogP contribution in [0.25, 0.3) is 22.2 Å². The van der Waals surface area contributed by atoms with Gasteiger partial charge in [0.15, 0.2) is 12.4 Å². The molecule has 0 aliphatic heterocycles. The van der Waals surface area contributed by atoms with Gasteiger partial charge in [-0.15, -0.1) is 0 Å². The van der Waals surface area contributed by atoms with Gasteiger partial charge in [0.2, 0.25) is 0 Å².